The van der Waals surface area contributed by atoms with Crippen molar-refractivity contribution in [3.05, 3.63) is 0 Å². The summed E-state index contributed by atoms with van der Waals surface area (Å²) in [5, 5.41) is 0. The van der Waals surface area contributed by atoms with Gasteiger partial charge in [-0.25, -0.2) is 4.79 Å². The van der Waals surface area contributed by atoms with E-state index in [2.05, 4.69) is 15.5 Å². The molecule has 0 spiro atoms. The molecule has 1 fully saturated rings. The van der Waals surface area contributed by atoms with E-state index >= 15 is 0 Å². The Balaban J connectivity index is 2.07. The lowest BCUT2D eigenvalue weighted by Crippen LogP contribution is -2.17. The summed E-state index contributed by atoms with van der Waals surface area (Å²) in [6.45, 7) is 0. The van der Waals surface area contributed by atoms with Gasteiger partial charge in [-0.2, -0.15) is 4.89 Å². The van der Waals surface area contributed by atoms with Crippen LogP contribution in [0.3, 0.4) is 0 Å². The van der Waals surface area contributed by atoms with Gasteiger partial charge in [0.2, 0.25) is 0 Å². The molecule has 1 saturated carbocycles. The lowest BCUT2D eigenvalue weighted by molar-refractivity contribution is -0.268. The first-order chi connectivity index (χ1) is 4.79. The van der Waals surface area contributed by atoms with Crippen LogP contribution in [0.1, 0.15) is 25.7 Å². The van der Waals surface area contributed by atoms with Gasteiger partial charge < -0.3 is 5.73 Å². The molecule has 1 amide bonds. The van der Waals surface area contributed by atoms with E-state index in [1.807, 2.05) is 0 Å². The Bertz CT molecular complexity index is 120. The van der Waals surface area contributed by atoms with Crippen molar-refractivity contribution in [2.75, 3.05) is 0 Å². The van der Waals surface area contributed by atoms with Gasteiger partial charge in [0, 0.05) is 0 Å². The lowest BCUT2D eigenvalue weighted by Gasteiger charge is -2.05. The van der Waals surface area contributed by atoms with Crippen LogP contribution in [0.5, 0.6) is 0 Å². The predicted molar refractivity (Wildman–Crippen MR) is 34.0 cm³/mol. The molecule has 0 unspecified atom stereocenters. The summed E-state index contributed by atoms with van der Waals surface area (Å²) >= 11 is 0. The van der Waals surface area contributed by atoms with Crippen LogP contribution in [0.2, 0.25) is 0 Å². The average molecular weight is 145 g/mol. The van der Waals surface area contributed by atoms with Crippen LogP contribution in [0.15, 0.2) is 0 Å². The van der Waals surface area contributed by atoms with E-state index in [-0.39, 0.29) is 6.10 Å². The maximum absolute atomic E-state index is 10.0. The molecule has 0 saturated heterocycles. The van der Waals surface area contributed by atoms with Crippen LogP contribution >= 0.6 is 0 Å². The number of hydrogen-bond acceptors (Lipinski definition) is 3. The Morgan fingerprint density at radius 1 is 1.40 bits per heavy atom. The quantitative estimate of drug-likeness (QED) is 0.465. The summed E-state index contributed by atoms with van der Waals surface area (Å²) in [6.07, 6.45) is 3.43. The lowest BCUT2D eigenvalue weighted by atomic mass is 10.3. The van der Waals surface area contributed by atoms with Gasteiger partial charge in [0.25, 0.3) is 0 Å². The largest absolute Gasteiger partial charge is 0.436 e. The van der Waals surface area contributed by atoms with E-state index in [0.29, 0.717) is 0 Å². The second-order valence-electron chi connectivity index (χ2n) is 2.41. The summed E-state index contributed by atoms with van der Waals surface area (Å²) in [4.78, 5) is 18.9. The number of rotatable bonds is 2. The summed E-state index contributed by atoms with van der Waals surface area (Å²) in [7, 11) is 0. The Labute approximate surface area is 59.2 Å². The molecule has 1 aliphatic rings. The molecule has 0 bridgehead atoms. The van der Waals surface area contributed by atoms with Gasteiger partial charge in [-0.15, -0.1) is 0 Å². The molecule has 0 heterocycles. The standard InChI is InChI=1S/C6H11NO3/c7-6(8)10-9-5-3-1-2-4-5/h5H,1-4H2,(H2,7,8). The SMILES string of the molecule is NC(=O)OOC1CCCC1. The number of carbonyl (C=O) groups excluding carboxylic acids is 1. The Hall–Kier alpha value is -0.770. The van der Waals surface area contributed by atoms with Crippen molar-refractivity contribution >= 4 is 6.09 Å². The van der Waals surface area contributed by atoms with Crippen LogP contribution in [0, 0.1) is 0 Å². The molecule has 0 aromatic heterocycles. The maximum Gasteiger partial charge on any atom is 0.436 e. The Morgan fingerprint density at radius 2 is 2.00 bits per heavy atom. The monoisotopic (exact) mass is 145 g/mol. The molecule has 10 heavy (non-hydrogen) atoms. The van der Waals surface area contributed by atoms with Gasteiger partial charge in [-0.1, -0.05) is 12.8 Å². The van der Waals surface area contributed by atoms with Crippen molar-refractivity contribution in [3.8, 4) is 0 Å². The minimum Gasteiger partial charge on any atom is -0.333 e. The second-order valence-corrected chi connectivity index (χ2v) is 2.41. The molecule has 1 rings (SSSR count). The molecule has 58 valence electrons. The zero-order valence-electron chi connectivity index (χ0n) is 5.71. The maximum atomic E-state index is 10.0. The predicted octanol–water partition coefficient (Wildman–Crippen LogP) is 0.956. The van der Waals surface area contributed by atoms with Gasteiger partial charge in [0.1, 0.15) is 6.10 Å². The van der Waals surface area contributed by atoms with E-state index in [4.69, 9.17) is 0 Å². The zero-order chi connectivity index (χ0) is 7.40. The fourth-order valence-electron chi connectivity index (χ4n) is 1.10. The van der Waals surface area contributed by atoms with Gasteiger partial charge >= 0.3 is 6.09 Å². The highest BCUT2D eigenvalue weighted by Gasteiger charge is 2.17. The van der Waals surface area contributed by atoms with Crippen molar-refractivity contribution in [2.24, 2.45) is 5.73 Å². The zero-order valence-corrected chi connectivity index (χ0v) is 5.71. The molecule has 0 radical (unpaired) electrons. The highest BCUT2D eigenvalue weighted by Crippen LogP contribution is 2.20. The molecule has 0 aromatic rings. The highest BCUT2D eigenvalue weighted by molar-refractivity contribution is 5.63. The Morgan fingerprint density at radius 3 is 2.50 bits per heavy atom. The Kier molecular flexibility index (Phi) is 2.50. The number of carbonyl (C=O) groups is 1. The van der Waals surface area contributed by atoms with Crippen LogP contribution in [-0.2, 0) is 9.78 Å². The van der Waals surface area contributed by atoms with Crippen LogP contribution in [0.25, 0.3) is 0 Å². The summed E-state index contributed by atoms with van der Waals surface area (Å²) in [6, 6.07) is 0. The minimum atomic E-state index is -0.869. The molecule has 0 aliphatic heterocycles. The first-order valence-corrected chi connectivity index (χ1v) is 3.42. The molecule has 4 nitrogen and oxygen atoms in total. The van der Waals surface area contributed by atoms with Crippen molar-refractivity contribution in [3.63, 3.8) is 0 Å². The fraction of sp³-hybridized carbons (Fsp3) is 0.833. The van der Waals surface area contributed by atoms with Crippen molar-refractivity contribution in [1.82, 2.24) is 0 Å². The van der Waals surface area contributed by atoms with Gasteiger partial charge in [-0.3, -0.25) is 4.89 Å². The van der Waals surface area contributed by atoms with Gasteiger partial charge in [0.05, 0.1) is 0 Å². The third kappa shape index (κ3) is 2.23. The van der Waals surface area contributed by atoms with Gasteiger partial charge in [0.15, 0.2) is 0 Å². The van der Waals surface area contributed by atoms with E-state index in [0.717, 1.165) is 25.7 Å². The van der Waals surface area contributed by atoms with Crippen LogP contribution in [0.4, 0.5) is 4.79 Å². The smallest absolute Gasteiger partial charge is 0.333 e. The minimum absolute atomic E-state index is 0.0764. The number of amides is 1. The number of hydrogen-bond donors (Lipinski definition) is 1. The summed E-state index contributed by atoms with van der Waals surface area (Å²) in [5.74, 6) is 0. The normalized spacial score (nSPS) is 19.2. The molecular weight excluding hydrogens is 134 g/mol. The van der Waals surface area contributed by atoms with Crippen molar-refractivity contribution in [1.29, 1.82) is 0 Å². The molecule has 1 aliphatic carbocycles. The van der Waals surface area contributed by atoms with E-state index in [1.165, 1.54) is 0 Å². The topological polar surface area (TPSA) is 61.6 Å². The van der Waals surface area contributed by atoms with Crippen LogP contribution in [-0.4, -0.2) is 12.2 Å². The van der Waals surface area contributed by atoms with E-state index < -0.39 is 6.09 Å². The third-order valence-corrected chi connectivity index (χ3v) is 1.57. The molecule has 4 heteroatoms. The number of nitrogens with two attached hydrogens (primary N) is 1. The molecule has 0 aromatic carbocycles. The average Bonchev–Trinajstić information content (AvgIpc) is 2.34. The highest BCUT2D eigenvalue weighted by atomic mass is 17.2. The second kappa shape index (κ2) is 3.41. The molecular formula is C6H11NO3. The third-order valence-electron chi connectivity index (χ3n) is 1.57. The summed E-state index contributed by atoms with van der Waals surface area (Å²) in [5.41, 5.74) is 4.68. The van der Waals surface area contributed by atoms with Crippen molar-refractivity contribution in [2.45, 2.75) is 31.8 Å². The van der Waals surface area contributed by atoms with Crippen LogP contribution < -0.4 is 5.73 Å². The molecule has 0 atom stereocenters. The first kappa shape index (κ1) is 7.34. The van der Waals surface area contributed by atoms with E-state index in [1.54, 1.807) is 0 Å². The van der Waals surface area contributed by atoms with E-state index in [9.17, 15) is 4.79 Å². The van der Waals surface area contributed by atoms with Gasteiger partial charge in [-0.05, 0) is 12.8 Å². The van der Waals surface area contributed by atoms with Crippen molar-refractivity contribution < 1.29 is 14.6 Å². The molecule has 2 N–H and O–H groups in total. The fourth-order valence-corrected chi connectivity index (χ4v) is 1.10. The summed E-state index contributed by atoms with van der Waals surface area (Å²) < 4.78 is 0. The number of primary amides is 1. The first-order valence-electron chi connectivity index (χ1n) is 3.42.